The van der Waals surface area contributed by atoms with E-state index >= 15 is 0 Å². The molecule has 0 N–H and O–H groups in total. The molecule has 0 fully saturated rings. The maximum absolute atomic E-state index is 13.2. The lowest BCUT2D eigenvalue weighted by Gasteiger charge is -2.17. The highest BCUT2D eigenvalue weighted by Crippen LogP contribution is 2.25. The molecule has 0 aromatic heterocycles. The molecule has 0 aliphatic heterocycles. The van der Waals surface area contributed by atoms with Gasteiger partial charge in [-0.25, -0.2) is 4.39 Å². The van der Waals surface area contributed by atoms with E-state index < -0.39 is 0 Å². The van der Waals surface area contributed by atoms with Gasteiger partial charge in [0.15, 0.2) is 6.61 Å². The quantitative estimate of drug-likeness (QED) is 0.672. The van der Waals surface area contributed by atoms with Crippen LogP contribution in [-0.2, 0) is 11.3 Å². The second kappa shape index (κ2) is 7.87. The normalized spacial score (nSPS) is 10.6. The minimum atomic E-state index is -0.314. The average molecular weight is 353 g/mol. The molecule has 3 rings (SSSR count). The van der Waals surface area contributed by atoms with Gasteiger partial charge in [-0.15, -0.1) is 0 Å². The average Bonchev–Trinajstić information content (AvgIpc) is 2.65. The molecule has 134 valence electrons. The largest absolute Gasteiger partial charge is 0.497 e. The van der Waals surface area contributed by atoms with E-state index in [1.807, 2.05) is 36.4 Å². The Morgan fingerprint density at radius 2 is 1.73 bits per heavy atom. The van der Waals surface area contributed by atoms with Crippen LogP contribution in [-0.4, -0.2) is 31.6 Å². The molecule has 0 aliphatic rings. The number of methoxy groups -OCH3 is 1. The smallest absolute Gasteiger partial charge is 0.260 e. The molecular formula is C21H20FNO3. The molecule has 4 nitrogen and oxygen atoms in total. The summed E-state index contributed by atoms with van der Waals surface area (Å²) in [5.74, 6) is 0.880. The highest BCUT2D eigenvalue weighted by atomic mass is 19.1. The lowest BCUT2D eigenvalue weighted by atomic mass is 10.1. The standard InChI is InChI=1S/C21H20FNO3/c1-23(13-15-4-3-5-18(22)10-15)21(24)14-26-20-9-7-16-6-8-19(25-2)11-17(16)12-20/h3-12H,13-14H2,1-2H3. The van der Waals surface area contributed by atoms with E-state index in [-0.39, 0.29) is 18.3 Å². The number of nitrogens with zero attached hydrogens (tertiary/aromatic N) is 1. The van der Waals surface area contributed by atoms with E-state index in [4.69, 9.17) is 9.47 Å². The summed E-state index contributed by atoms with van der Waals surface area (Å²) in [6.45, 7) is 0.246. The number of ether oxygens (including phenoxy) is 2. The number of fused-ring (bicyclic) bond motifs is 1. The van der Waals surface area contributed by atoms with Gasteiger partial charge >= 0.3 is 0 Å². The van der Waals surface area contributed by atoms with Crippen LogP contribution < -0.4 is 9.47 Å². The van der Waals surface area contributed by atoms with E-state index in [0.717, 1.165) is 22.1 Å². The minimum absolute atomic E-state index is 0.0821. The molecule has 3 aromatic carbocycles. The maximum Gasteiger partial charge on any atom is 0.260 e. The van der Waals surface area contributed by atoms with Crippen molar-refractivity contribution in [2.24, 2.45) is 0 Å². The Bertz CT molecular complexity index is 926. The second-order valence-corrected chi connectivity index (χ2v) is 6.04. The number of benzene rings is 3. The van der Waals surface area contributed by atoms with E-state index in [1.54, 1.807) is 26.3 Å². The molecule has 0 unspecified atom stereocenters. The van der Waals surface area contributed by atoms with Gasteiger partial charge in [-0.3, -0.25) is 4.79 Å². The fourth-order valence-electron chi connectivity index (χ4n) is 2.67. The van der Waals surface area contributed by atoms with E-state index in [1.165, 1.54) is 17.0 Å². The van der Waals surface area contributed by atoms with Gasteiger partial charge in [-0.2, -0.15) is 0 Å². The summed E-state index contributed by atoms with van der Waals surface area (Å²) in [5.41, 5.74) is 0.735. The molecule has 0 saturated heterocycles. The Hall–Kier alpha value is -3.08. The van der Waals surface area contributed by atoms with Gasteiger partial charge < -0.3 is 14.4 Å². The molecule has 1 amide bonds. The van der Waals surface area contributed by atoms with Crippen molar-refractivity contribution in [3.05, 3.63) is 72.0 Å². The zero-order valence-electron chi connectivity index (χ0n) is 14.7. The van der Waals surface area contributed by atoms with Crippen molar-refractivity contribution < 1.29 is 18.7 Å². The summed E-state index contributed by atoms with van der Waals surface area (Å²) in [6.07, 6.45) is 0. The van der Waals surface area contributed by atoms with Crippen LogP contribution in [0.25, 0.3) is 10.8 Å². The number of hydrogen-bond donors (Lipinski definition) is 0. The molecule has 5 heteroatoms. The molecule has 0 atom stereocenters. The number of amides is 1. The summed E-state index contributed by atoms with van der Waals surface area (Å²) < 4.78 is 24.1. The second-order valence-electron chi connectivity index (χ2n) is 6.04. The van der Waals surface area contributed by atoms with Gasteiger partial charge in [-0.05, 0) is 52.7 Å². The summed E-state index contributed by atoms with van der Waals surface area (Å²) in [4.78, 5) is 13.8. The molecule has 3 aromatic rings. The number of hydrogen-bond acceptors (Lipinski definition) is 3. The number of carbonyl (C=O) groups is 1. The SMILES string of the molecule is COc1ccc2ccc(OCC(=O)N(C)Cc3cccc(F)c3)cc2c1. The summed E-state index contributed by atoms with van der Waals surface area (Å²) in [6, 6.07) is 17.6. The minimum Gasteiger partial charge on any atom is -0.497 e. The molecular weight excluding hydrogens is 333 g/mol. The molecule has 26 heavy (non-hydrogen) atoms. The Morgan fingerprint density at radius 3 is 2.46 bits per heavy atom. The third-order valence-corrected chi connectivity index (χ3v) is 4.12. The molecule has 0 spiro atoms. The third kappa shape index (κ3) is 4.30. The first-order valence-corrected chi connectivity index (χ1v) is 8.24. The van der Waals surface area contributed by atoms with E-state index in [2.05, 4.69) is 0 Å². The van der Waals surface area contributed by atoms with Crippen LogP contribution in [0.1, 0.15) is 5.56 Å². The van der Waals surface area contributed by atoms with Crippen LogP contribution in [0.4, 0.5) is 4.39 Å². The van der Waals surface area contributed by atoms with Crippen LogP contribution in [0.15, 0.2) is 60.7 Å². The van der Waals surface area contributed by atoms with Gasteiger partial charge in [0.05, 0.1) is 7.11 Å². The lowest BCUT2D eigenvalue weighted by molar-refractivity contribution is -0.132. The Kier molecular flexibility index (Phi) is 5.37. The van der Waals surface area contributed by atoms with Crippen molar-refractivity contribution in [2.45, 2.75) is 6.54 Å². The molecule has 0 heterocycles. The zero-order chi connectivity index (χ0) is 18.5. The highest BCUT2D eigenvalue weighted by Gasteiger charge is 2.11. The lowest BCUT2D eigenvalue weighted by Crippen LogP contribution is -2.30. The molecule has 0 radical (unpaired) electrons. The molecule has 0 saturated carbocycles. The summed E-state index contributed by atoms with van der Waals surface area (Å²) in [5, 5.41) is 2.04. The fourth-order valence-corrected chi connectivity index (χ4v) is 2.67. The predicted molar refractivity (Wildman–Crippen MR) is 98.9 cm³/mol. The first-order chi connectivity index (χ1) is 12.5. The summed E-state index contributed by atoms with van der Waals surface area (Å²) in [7, 11) is 3.29. The third-order valence-electron chi connectivity index (χ3n) is 4.12. The zero-order valence-corrected chi connectivity index (χ0v) is 14.7. The van der Waals surface area contributed by atoms with Crippen LogP contribution >= 0.6 is 0 Å². The van der Waals surface area contributed by atoms with Crippen LogP contribution in [0, 0.1) is 5.82 Å². The van der Waals surface area contributed by atoms with E-state index in [9.17, 15) is 9.18 Å². The first kappa shape index (κ1) is 17.7. The van der Waals surface area contributed by atoms with E-state index in [0.29, 0.717) is 12.3 Å². The maximum atomic E-state index is 13.2. The Balaban J connectivity index is 1.62. The van der Waals surface area contributed by atoms with Crippen molar-refractivity contribution >= 4 is 16.7 Å². The summed E-state index contributed by atoms with van der Waals surface area (Å²) >= 11 is 0. The van der Waals surface area contributed by atoms with Crippen molar-refractivity contribution in [2.75, 3.05) is 20.8 Å². The number of carbonyl (C=O) groups excluding carboxylic acids is 1. The van der Waals surface area contributed by atoms with Crippen molar-refractivity contribution in [3.63, 3.8) is 0 Å². The van der Waals surface area contributed by atoms with Crippen LogP contribution in [0.2, 0.25) is 0 Å². The number of rotatable bonds is 6. The topological polar surface area (TPSA) is 38.8 Å². The van der Waals surface area contributed by atoms with Crippen molar-refractivity contribution in [1.29, 1.82) is 0 Å². The predicted octanol–water partition coefficient (Wildman–Crippen LogP) is 4.02. The number of likely N-dealkylation sites (N-methyl/N-ethyl adjacent to an activating group) is 1. The fraction of sp³-hybridized carbons (Fsp3) is 0.190. The van der Waals surface area contributed by atoms with Gasteiger partial charge in [0.25, 0.3) is 5.91 Å². The van der Waals surface area contributed by atoms with Gasteiger partial charge in [0.1, 0.15) is 17.3 Å². The van der Waals surface area contributed by atoms with Crippen LogP contribution in [0.3, 0.4) is 0 Å². The van der Waals surface area contributed by atoms with Gasteiger partial charge in [0, 0.05) is 13.6 Å². The highest BCUT2D eigenvalue weighted by molar-refractivity contribution is 5.85. The Labute approximate surface area is 151 Å². The number of halogens is 1. The monoisotopic (exact) mass is 353 g/mol. The van der Waals surface area contributed by atoms with Crippen molar-refractivity contribution in [3.8, 4) is 11.5 Å². The van der Waals surface area contributed by atoms with Crippen molar-refractivity contribution in [1.82, 2.24) is 4.90 Å². The van der Waals surface area contributed by atoms with Gasteiger partial charge in [-0.1, -0.05) is 24.3 Å². The molecule has 0 bridgehead atoms. The Morgan fingerprint density at radius 1 is 1.00 bits per heavy atom. The van der Waals surface area contributed by atoms with Gasteiger partial charge in [0.2, 0.25) is 0 Å². The first-order valence-electron chi connectivity index (χ1n) is 8.24. The molecule has 0 aliphatic carbocycles. The van der Waals surface area contributed by atoms with Crippen LogP contribution in [0.5, 0.6) is 11.5 Å².